The van der Waals surface area contributed by atoms with Crippen LogP contribution in [0.4, 0.5) is 0 Å². The summed E-state index contributed by atoms with van der Waals surface area (Å²) in [4.78, 5) is 62.8. The van der Waals surface area contributed by atoms with E-state index in [4.69, 9.17) is 13.9 Å². The number of hydrogen-bond donors (Lipinski definition) is 1. The Kier molecular flexibility index (Phi) is 37.3. The van der Waals surface area contributed by atoms with Crippen LogP contribution in [0, 0.1) is 34.5 Å². The normalized spacial score (nSPS) is 23.1. The Bertz CT molecular complexity index is 2240. The molecule has 5 rings (SSSR count). The zero-order valence-electron chi connectivity index (χ0n) is 57.8. The van der Waals surface area contributed by atoms with E-state index in [1.165, 1.54) is 231 Å². The minimum atomic E-state index is -1.30. The van der Waals surface area contributed by atoms with E-state index in [1.807, 2.05) is 13.0 Å². The van der Waals surface area contributed by atoms with E-state index in [1.54, 1.807) is 24.5 Å². The van der Waals surface area contributed by atoms with E-state index in [0.717, 1.165) is 57.8 Å². The minimum absolute atomic E-state index is 0.0770. The summed E-state index contributed by atoms with van der Waals surface area (Å²) >= 11 is 0. The first-order valence-corrected chi connectivity index (χ1v) is 38.0. The van der Waals surface area contributed by atoms with Crippen LogP contribution in [-0.4, -0.2) is 39.8 Å². The number of rotatable bonds is 53. The van der Waals surface area contributed by atoms with Gasteiger partial charge in [0.2, 0.25) is 0 Å². The van der Waals surface area contributed by atoms with Gasteiger partial charge in [0.15, 0.2) is 0 Å². The Morgan fingerprint density at radius 1 is 0.545 bits per heavy atom. The lowest BCUT2D eigenvalue weighted by Crippen LogP contribution is -2.69. The molecule has 9 nitrogen and oxygen atoms in total. The zero-order valence-corrected chi connectivity index (χ0v) is 57.8. The van der Waals surface area contributed by atoms with Gasteiger partial charge in [0, 0.05) is 60.5 Å². The number of unbranched alkanes of at least 4 members (excludes halogenated alkanes) is 42. The highest BCUT2D eigenvalue weighted by Gasteiger charge is 2.70. The van der Waals surface area contributed by atoms with Gasteiger partial charge in [-0.05, 0) is 68.9 Å². The molecule has 2 aromatic rings. The second-order valence-electron chi connectivity index (χ2n) is 29.3. The van der Waals surface area contributed by atoms with E-state index < -0.39 is 40.0 Å². The van der Waals surface area contributed by atoms with Crippen molar-refractivity contribution in [2.24, 2.45) is 34.5 Å². The van der Waals surface area contributed by atoms with E-state index >= 15 is 9.59 Å². The molecule has 0 bridgehead atoms. The predicted octanol–water partition coefficient (Wildman–Crippen LogP) is 23.0. The number of esters is 1. The molecule has 502 valence electrons. The molecule has 2 aromatic heterocycles. The quantitative estimate of drug-likeness (QED) is 0.0508. The fourth-order valence-electron chi connectivity index (χ4n) is 16.7. The number of aromatic nitrogens is 1. The molecular formula is C79H133NO8. The number of aliphatic hydroxyl groups excluding tert-OH is 1. The summed E-state index contributed by atoms with van der Waals surface area (Å²) in [6.07, 6.45) is 61.3. The predicted molar refractivity (Wildman–Crippen MR) is 366 cm³/mol. The van der Waals surface area contributed by atoms with Crippen molar-refractivity contribution >= 4 is 17.5 Å². The van der Waals surface area contributed by atoms with Gasteiger partial charge in [-0.3, -0.25) is 19.4 Å². The summed E-state index contributed by atoms with van der Waals surface area (Å²) in [5.41, 5.74) is -2.68. The minimum Gasteiger partial charge on any atom is -0.486 e. The van der Waals surface area contributed by atoms with Crippen molar-refractivity contribution in [1.82, 2.24) is 4.98 Å². The summed E-state index contributed by atoms with van der Waals surface area (Å²) in [6, 6.07) is 5.30. The van der Waals surface area contributed by atoms with Crippen molar-refractivity contribution in [3.8, 4) is 17.1 Å². The highest BCUT2D eigenvalue weighted by atomic mass is 16.5. The largest absolute Gasteiger partial charge is 0.486 e. The van der Waals surface area contributed by atoms with Crippen LogP contribution in [0.3, 0.4) is 0 Å². The Hall–Kier alpha value is -3.33. The Morgan fingerprint density at radius 3 is 1.33 bits per heavy atom. The SMILES string of the molecule is CCCCCCCCCCCCCCCCCC(=O)OC[C@@]1(C)[C@@H]2C[C@H](C(=O)CCCCCCCCCCCCCCCCC)[C@@]3(C)Oc4cc(-c5cccnc5)oc(=O)c4[C@H](O)[C@@H]3[C@@]2(C)CC[C@@H]1C(=O)CCCCCCCCCCCCCCCCC. The number of ether oxygens (including phenoxy) is 2. The molecule has 0 aromatic carbocycles. The summed E-state index contributed by atoms with van der Waals surface area (Å²) < 4.78 is 19.6. The van der Waals surface area contributed by atoms with Gasteiger partial charge in [0.05, 0.1) is 18.6 Å². The molecule has 2 aliphatic carbocycles. The van der Waals surface area contributed by atoms with Crippen LogP contribution >= 0.6 is 0 Å². The summed E-state index contributed by atoms with van der Waals surface area (Å²) in [5.74, 6) is -1.36. The zero-order chi connectivity index (χ0) is 63.1. The van der Waals surface area contributed by atoms with Crippen LogP contribution < -0.4 is 10.4 Å². The lowest BCUT2D eigenvalue weighted by Gasteiger charge is -2.67. The first-order chi connectivity index (χ1) is 42.8. The number of fused-ring (bicyclic) bond motifs is 4. The number of carbonyl (C=O) groups excluding carboxylic acids is 3. The van der Waals surface area contributed by atoms with Crippen molar-refractivity contribution in [1.29, 1.82) is 0 Å². The second kappa shape index (κ2) is 43.5. The van der Waals surface area contributed by atoms with Gasteiger partial charge >= 0.3 is 11.6 Å². The molecule has 8 atom stereocenters. The number of ketones is 2. The maximum atomic E-state index is 15.3. The first kappa shape index (κ1) is 75.4. The highest BCUT2D eigenvalue weighted by Crippen LogP contribution is 2.69. The number of pyridine rings is 1. The molecule has 3 aliphatic rings. The van der Waals surface area contributed by atoms with Crippen LogP contribution in [0.25, 0.3) is 11.3 Å². The first-order valence-electron chi connectivity index (χ1n) is 38.0. The highest BCUT2D eigenvalue weighted by molar-refractivity contribution is 5.84. The van der Waals surface area contributed by atoms with Crippen molar-refractivity contribution in [2.75, 3.05) is 6.61 Å². The van der Waals surface area contributed by atoms with E-state index in [-0.39, 0.29) is 47.3 Å². The molecule has 1 aliphatic heterocycles. The van der Waals surface area contributed by atoms with Gasteiger partial charge in [-0.2, -0.15) is 0 Å². The van der Waals surface area contributed by atoms with Crippen molar-refractivity contribution < 1.29 is 33.4 Å². The van der Waals surface area contributed by atoms with E-state index in [9.17, 15) is 14.7 Å². The van der Waals surface area contributed by atoms with E-state index in [2.05, 4.69) is 39.6 Å². The molecule has 0 unspecified atom stereocenters. The van der Waals surface area contributed by atoms with Gasteiger partial charge in [-0.25, -0.2) is 4.79 Å². The number of carbonyl (C=O) groups is 3. The van der Waals surface area contributed by atoms with Gasteiger partial charge < -0.3 is 19.0 Å². The fraction of sp³-hybridized carbons (Fsp3) is 0.835. The number of Topliss-reactive ketones (excluding diaryl/α,β-unsaturated/α-hetero) is 2. The Labute approximate surface area is 538 Å². The van der Waals surface area contributed by atoms with Crippen molar-refractivity contribution in [3.63, 3.8) is 0 Å². The Balaban J connectivity index is 1.27. The molecule has 9 heteroatoms. The third-order valence-electron chi connectivity index (χ3n) is 22.0. The van der Waals surface area contributed by atoms with E-state index in [0.29, 0.717) is 49.8 Å². The topological polar surface area (TPSA) is 133 Å². The lowest BCUT2D eigenvalue weighted by atomic mass is 9.39. The van der Waals surface area contributed by atoms with Crippen LogP contribution in [-0.2, 0) is 19.1 Å². The van der Waals surface area contributed by atoms with Gasteiger partial charge in [-0.1, -0.05) is 304 Å². The van der Waals surface area contributed by atoms with Crippen molar-refractivity contribution in [2.45, 2.75) is 381 Å². The third kappa shape index (κ3) is 24.9. The van der Waals surface area contributed by atoms with Crippen LogP contribution in [0.15, 0.2) is 39.8 Å². The standard InChI is InChI=1S/C79H133NO8/c1-7-10-13-16-19-22-25-28-31-34-37-40-43-46-49-54-67(81)65-57-58-77(4)71(78(65,5)63-86-72(83)56-51-48-45-42-39-36-33-30-27-24-21-18-15-12-9-3)60-66(68(82)55-50-47-44-41-38-35-32-29-26-23-20-17-14-11-8-2)79(6)75(77)74(84)73-70(88-79)61-69(87-76(73)85)64-53-52-59-80-62-64/h52-53,59,61-62,65-66,71,74-75,84H,7-51,54-58,60,63H2,1-6H3/t65-,66-,71-,74+,75-,77+,78-,79-/m1/s1. The number of nitrogens with zero attached hydrogens (tertiary/aromatic N) is 1. The summed E-state index contributed by atoms with van der Waals surface area (Å²) in [6.45, 7) is 13.3. The monoisotopic (exact) mass is 1220 g/mol. The maximum absolute atomic E-state index is 15.3. The summed E-state index contributed by atoms with van der Waals surface area (Å²) in [5, 5.41) is 13.0. The maximum Gasteiger partial charge on any atom is 0.345 e. The van der Waals surface area contributed by atoms with Crippen LogP contribution in [0.2, 0.25) is 0 Å². The third-order valence-corrected chi connectivity index (χ3v) is 22.0. The second-order valence-corrected chi connectivity index (χ2v) is 29.3. The lowest BCUT2D eigenvalue weighted by molar-refractivity contribution is -0.241. The van der Waals surface area contributed by atoms with Gasteiger partial charge in [0.25, 0.3) is 0 Å². The molecule has 88 heavy (non-hydrogen) atoms. The van der Waals surface area contributed by atoms with Gasteiger partial charge in [-0.15, -0.1) is 0 Å². The summed E-state index contributed by atoms with van der Waals surface area (Å²) in [7, 11) is 0. The smallest absolute Gasteiger partial charge is 0.345 e. The molecule has 1 N–H and O–H groups in total. The molecule has 0 amide bonds. The molecule has 3 heterocycles. The molecule has 2 fully saturated rings. The molecule has 0 radical (unpaired) electrons. The van der Waals surface area contributed by atoms with Crippen LogP contribution in [0.1, 0.15) is 381 Å². The molecular weight excluding hydrogens is 1090 g/mol. The fourth-order valence-corrected chi connectivity index (χ4v) is 16.7. The number of hydrogen-bond acceptors (Lipinski definition) is 9. The average Bonchev–Trinajstić information content (AvgIpc) is 0.695. The average molecular weight is 1220 g/mol. The Morgan fingerprint density at radius 2 is 0.932 bits per heavy atom. The van der Waals surface area contributed by atoms with Gasteiger partial charge in [0.1, 0.15) is 34.2 Å². The molecule has 0 saturated heterocycles. The molecule has 2 saturated carbocycles. The number of aliphatic hydroxyl groups is 1. The van der Waals surface area contributed by atoms with Crippen LogP contribution in [0.5, 0.6) is 5.75 Å². The molecule has 0 spiro atoms. The van der Waals surface area contributed by atoms with Crippen molar-refractivity contribution in [3.05, 3.63) is 46.6 Å².